The summed E-state index contributed by atoms with van der Waals surface area (Å²) >= 11 is 3.30. The van der Waals surface area contributed by atoms with Crippen molar-refractivity contribution in [1.82, 2.24) is 5.32 Å². The topological polar surface area (TPSA) is 29.1 Å². The smallest absolute Gasteiger partial charge is 0.350 e. The van der Waals surface area contributed by atoms with Gasteiger partial charge in [-0.25, -0.2) is 0 Å². The first kappa shape index (κ1) is 15.8. The lowest BCUT2D eigenvalue weighted by Gasteiger charge is -2.32. The summed E-state index contributed by atoms with van der Waals surface area (Å²) < 4.78 is 37.5. The fourth-order valence-electron chi connectivity index (χ4n) is 2.15. The zero-order chi connectivity index (χ0) is 14.0. The number of rotatable bonds is 3. The average Bonchev–Trinajstić information content (AvgIpc) is 2.27. The molecule has 1 saturated carbocycles. The molecule has 0 aromatic rings. The Morgan fingerprint density at radius 3 is 2.11 bits per heavy atom. The molecule has 0 spiro atoms. The van der Waals surface area contributed by atoms with Gasteiger partial charge in [-0.05, 0) is 39.5 Å². The van der Waals surface area contributed by atoms with Crippen LogP contribution in [0.3, 0.4) is 0 Å². The van der Waals surface area contributed by atoms with Gasteiger partial charge in [-0.15, -0.1) is 0 Å². The number of halogens is 4. The van der Waals surface area contributed by atoms with Crippen LogP contribution in [-0.4, -0.2) is 23.0 Å². The number of hydrogen-bond acceptors (Lipinski definition) is 1. The zero-order valence-corrected chi connectivity index (χ0v) is 12.2. The molecule has 1 fully saturated rings. The van der Waals surface area contributed by atoms with Gasteiger partial charge in [0, 0.05) is 16.8 Å². The van der Waals surface area contributed by atoms with Crippen molar-refractivity contribution >= 4 is 21.8 Å². The average molecular weight is 330 g/mol. The van der Waals surface area contributed by atoms with Gasteiger partial charge in [-0.2, -0.15) is 13.2 Å². The highest BCUT2D eigenvalue weighted by Gasteiger charge is 2.42. The van der Waals surface area contributed by atoms with Gasteiger partial charge in [0.25, 0.3) is 0 Å². The summed E-state index contributed by atoms with van der Waals surface area (Å²) in [5.41, 5.74) is -0.363. The lowest BCUT2D eigenvalue weighted by Crippen LogP contribution is -2.48. The summed E-state index contributed by atoms with van der Waals surface area (Å²) in [4.78, 5) is 11.9. The highest BCUT2D eigenvalue weighted by Crippen LogP contribution is 2.39. The first-order chi connectivity index (χ1) is 8.15. The Balaban J connectivity index is 2.46. The molecule has 0 bridgehead atoms. The van der Waals surface area contributed by atoms with Gasteiger partial charge in [-0.3, -0.25) is 4.79 Å². The molecule has 106 valence electrons. The monoisotopic (exact) mass is 329 g/mol. The summed E-state index contributed by atoms with van der Waals surface area (Å²) in [5.74, 6) is -1.63. The van der Waals surface area contributed by atoms with Gasteiger partial charge in [-0.1, -0.05) is 15.9 Å². The predicted molar refractivity (Wildman–Crippen MR) is 67.5 cm³/mol. The highest BCUT2D eigenvalue weighted by atomic mass is 79.9. The van der Waals surface area contributed by atoms with E-state index in [0.29, 0.717) is 18.2 Å². The molecule has 0 aliphatic heterocycles. The maximum absolute atomic E-state index is 12.5. The predicted octanol–water partition coefficient (Wildman–Crippen LogP) is 3.64. The van der Waals surface area contributed by atoms with E-state index in [1.165, 1.54) is 0 Å². The van der Waals surface area contributed by atoms with Crippen LogP contribution in [0.25, 0.3) is 0 Å². The molecule has 6 heteroatoms. The van der Waals surface area contributed by atoms with Crippen molar-refractivity contribution in [1.29, 1.82) is 0 Å². The second-order valence-corrected chi connectivity index (χ2v) is 6.16. The zero-order valence-electron chi connectivity index (χ0n) is 10.6. The lowest BCUT2D eigenvalue weighted by molar-refractivity contribution is -0.184. The van der Waals surface area contributed by atoms with Gasteiger partial charge >= 0.3 is 6.18 Å². The molecular formula is C12H19BrF3NO. The van der Waals surface area contributed by atoms with Crippen molar-refractivity contribution < 1.29 is 18.0 Å². The quantitative estimate of drug-likeness (QED) is 0.787. The standard InChI is InChI=1S/C12H19BrF3NO/c1-11(2,7-13)17-10(18)8-3-5-9(6-4-8)12(14,15)16/h8-9H,3-7H2,1-2H3,(H,17,18). The SMILES string of the molecule is CC(C)(CBr)NC(=O)C1CCC(C(F)(F)F)CC1. The molecule has 18 heavy (non-hydrogen) atoms. The molecular weight excluding hydrogens is 311 g/mol. The molecule has 1 aliphatic rings. The summed E-state index contributed by atoms with van der Waals surface area (Å²) in [7, 11) is 0. The van der Waals surface area contributed by atoms with Gasteiger partial charge in [0.15, 0.2) is 0 Å². The third kappa shape index (κ3) is 4.44. The molecule has 1 aliphatic carbocycles. The highest BCUT2D eigenvalue weighted by molar-refractivity contribution is 9.09. The number of nitrogens with one attached hydrogen (secondary N) is 1. The summed E-state index contributed by atoms with van der Waals surface area (Å²) in [6, 6.07) is 0. The van der Waals surface area contributed by atoms with Crippen molar-refractivity contribution in [3.8, 4) is 0 Å². The van der Waals surface area contributed by atoms with Crippen LogP contribution >= 0.6 is 15.9 Å². The van der Waals surface area contributed by atoms with Crippen molar-refractivity contribution in [2.45, 2.75) is 51.2 Å². The molecule has 0 unspecified atom stereocenters. The molecule has 0 saturated heterocycles. The summed E-state index contributed by atoms with van der Waals surface area (Å²) in [6.07, 6.45) is -3.33. The van der Waals surface area contributed by atoms with E-state index in [2.05, 4.69) is 21.2 Å². The Kier molecular flexibility index (Phi) is 5.09. The Labute approximate surface area is 114 Å². The molecule has 0 aromatic carbocycles. The van der Waals surface area contributed by atoms with Crippen LogP contribution in [0.1, 0.15) is 39.5 Å². The van der Waals surface area contributed by atoms with Gasteiger partial charge in [0.05, 0.1) is 5.92 Å². The van der Waals surface area contributed by atoms with E-state index < -0.39 is 12.1 Å². The van der Waals surface area contributed by atoms with Crippen molar-refractivity contribution in [3.05, 3.63) is 0 Å². The molecule has 0 atom stereocenters. The minimum absolute atomic E-state index is 0.0658. The number of alkyl halides is 4. The van der Waals surface area contributed by atoms with Crippen LogP contribution in [-0.2, 0) is 4.79 Å². The third-order valence-electron chi connectivity index (χ3n) is 3.36. The fourth-order valence-corrected chi connectivity index (χ4v) is 2.29. The molecule has 0 aromatic heterocycles. The second-order valence-electron chi connectivity index (χ2n) is 5.60. The number of carbonyl (C=O) groups excluding carboxylic acids is 1. The van der Waals surface area contributed by atoms with Gasteiger partial charge in [0.1, 0.15) is 0 Å². The fraction of sp³-hybridized carbons (Fsp3) is 0.917. The molecule has 1 amide bonds. The summed E-state index contributed by atoms with van der Waals surface area (Å²) in [6.45, 7) is 3.75. The van der Waals surface area contributed by atoms with Crippen LogP contribution in [0.15, 0.2) is 0 Å². The van der Waals surface area contributed by atoms with Crippen LogP contribution in [0.5, 0.6) is 0 Å². The van der Waals surface area contributed by atoms with Crippen molar-refractivity contribution in [2.24, 2.45) is 11.8 Å². The first-order valence-electron chi connectivity index (χ1n) is 6.10. The molecule has 2 nitrogen and oxygen atoms in total. The van der Waals surface area contributed by atoms with E-state index in [1.54, 1.807) is 0 Å². The second kappa shape index (κ2) is 5.80. The number of hydrogen-bond donors (Lipinski definition) is 1. The Morgan fingerprint density at radius 2 is 1.72 bits per heavy atom. The van der Waals surface area contributed by atoms with E-state index >= 15 is 0 Å². The largest absolute Gasteiger partial charge is 0.391 e. The van der Waals surface area contributed by atoms with E-state index in [1.807, 2.05) is 13.8 Å². The van der Waals surface area contributed by atoms with Crippen LogP contribution in [0, 0.1) is 11.8 Å². The number of amides is 1. The van der Waals surface area contributed by atoms with E-state index in [0.717, 1.165) is 0 Å². The van der Waals surface area contributed by atoms with Gasteiger partial charge in [0.2, 0.25) is 5.91 Å². The Bertz CT molecular complexity index is 296. The molecule has 1 N–H and O–H groups in total. The first-order valence-corrected chi connectivity index (χ1v) is 7.22. The minimum atomic E-state index is -4.11. The third-order valence-corrected chi connectivity index (χ3v) is 4.76. The maximum atomic E-state index is 12.5. The van der Waals surface area contributed by atoms with Crippen molar-refractivity contribution in [2.75, 3.05) is 5.33 Å². The summed E-state index contributed by atoms with van der Waals surface area (Å²) in [5, 5.41) is 3.48. The minimum Gasteiger partial charge on any atom is -0.350 e. The van der Waals surface area contributed by atoms with Crippen LogP contribution in [0.2, 0.25) is 0 Å². The van der Waals surface area contributed by atoms with Crippen LogP contribution in [0.4, 0.5) is 13.2 Å². The maximum Gasteiger partial charge on any atom is 0.391 e. The Hall–Kier alpha value is -0.260. The van der Waals surface area contributed by atoms with Gasteiger partial charge < -0.3 is 5.32 Å². The molecule has 0 radical (unpaired) electrons. The number of carbonyl (C=O) groups is 1. The van der Waals surface area contributed by atoms with Crippen LogP contribution < -0.4 is 5.32 Å². The van der Waals surface area contributed by atoms with E-state index in [9.17, 15) is 18.0 Å². The lowest BCUT2D eigenvalue weighted by atomic mass is 9.81. The molecule has 1 rings (SSSR count). The van der Waals surface area contributed by atoms with Crippen molar-refractivity contribution in [3.63, 3.8) is 0 Å². The molecule has 0 heterocycles. The van der Waals surface area contributed by atoms with E-state index in [-0.39, 0.29) is 30.2 Å². The van der Waals surface area contributed by atoms with E-state index in [4.69, 9.17) is 0 Å². The Morgan fingerprint density at radius 1 is 1.22 bits per heavy atom. The normalized spacial score (nSPS) is 25.9.